The maximum Gasteiger partial charge on any atom is 0.0795 e. The quantitative estimate of drug-likeness (QED) is 0.805. The molecule has 0 aliphatic heterocycles. The Kier molecular flexibility index (Phi) is 4.04. The minimum absolute atomic E-state index is 0.158. The molecule has 0 aliphatic carbocycles. The van der Waals surface area contributed by atoms with Crippen molar-refractivity contribution in [3.8, 4) is 0 Å². The lowest BCUT2D eigenvalue weighted by Gasteiger charge is -2.29. The van der Waals surface area contributed by atoms with E-state index in [-0.39, 0.29) is 5.54 Å². The van der Waals surface area contributed by atoms with Crippen LogP contribution in [0.2, 0.25) is 0 Å². The topological polar surface area (TPSA) is 28.2 Å². The number of nitrogens with zero attached hydrogens (tertiary/aromatic N) is 2. The van der Waals surface area contributed by atoms with Gasteiger partial charge in [-0.05, 0) is 27.9 Å². The van der Waals surface area contributed by atoms with Crippen molar-refractivity contribution in [1.82, 2.24) is 15.2 Å². The van der Waals surface area contributed by atoms with E-state index in [4.69, 9.17) is 0 Å². The van der Waals surface area contributed by atoms with Crippen LogP contribution in [0.15, 0.2) is 10.9 Å². The Bertz CT molecular complexity index is 256. The van der Waals surface area contributed by atoms with Gasteiger partial charge in [-0.2, -0.15) is 0 Å². The Balaban J connectivity index is 2.40. The van der Waals surface area contributed by atoms with E-state index in [1.807, 2.05) is 12.6 Å². The minimum atomic E-state index is 0.158. The molecule has 0 amide bonds. The molecule has 0 bridgehead atoms. The zero-order valence-corrected chi connectivity index (χ0v) is 10.2. The van der Waals surface area contributed by atoms with Crippen LogP contribution >= 0.6 is 11.3 Å². The van der Waals surface area contributed by atoms with Crippen molar-refractivity contribution in [1.29, 1.82) is 0 Å². The molecule has 0 atom stereocenters. The highest BCUT2D eigenvalue weighted by Gasteiger charge is 2.17. The van der Waals surface area contributed by atoms with E-state index in [1.165, 1.54) is 0 Å². The molecule has 0 aromatic carbocycles. The molecular weight excluding hydrogens is 194 g/mol. The summed E-state index contributed by atoms with van der Waals surface area (Å²) in [6, 6.07) is 0. The van der Waals surface area contributed by atoms with E-state index in [1.54, 1.807) is 11.3 Å². The molecule has 0 radical (unpaired) electrons. The molecule has 0 fully saturated rings. The fraction of sp³-hybridized carbons (Fsp3) is 0.700. The van der Waals surface area contributed by atoms with E-state index in [0.29, 0.717) is 0 Å². The number of aromatic nitrogens is 1. The predicted molar refractivity (Wildman–Crippen MR) is 61.6 cm³/mol. The molecule has 0 spiro atoms. The Morgan fingerprint density at radius 2 is 2.29 bits per heavy atom. The van der Waals surface area contributed by atoms with Crippen LogP contribution in [-0.4, -0.2) is 36.1 Å². The van der Waals surface area contributed by atoms with Crippen molar-refractivity contribution >= 4 is 11.3 Å². The van der Waals surface area contributed by atoms with Gasteiger partial charge in [-0.25, -0.2) is 4.98 Å². The van der Waals surface area contributed by atoms with E-state index in [2.05, 4.69) is 41.5 Å². The molecule has 1 rings (SSSR count). The normalized spacial score (nSPS) is 12.4. The van der Waals surface area contributed by atoms with Crippen molar-refractivity contribution in [2.75, 3.05) is 20.6 Å². The van der Waals surface area contributed by atoms with Crippen LogP contribution in [0.4, 0.5) is 0 Å². The first-order valence-corrected chi connectivity index (χ1v) is 5.72. The van der Waals surface area contributed by atoms with Gasteiger partial charge in [0.05, 0.1) is 11.2 Å². The first-order valence-electron chi connectivity index (χ1n) is 4.78. The molecule has 1 heterocycles. The summed E-state index contributed by atoms with van der Waals surface area (Å²) in [5.41, 5.74) is 3.20. The highest BCUT2D eigenvalue weighted by Crippen LogP contribution is 2.08. The van der Waals surface area contributed by atoms with Gasteiger partial charge in [0.2, 0.25) is 0 Å². The molecule has 1 N–H and O–H groups in total. The molecule has 1 aromatic rings. The average Bonchev–Trinajstić information content (AvgIpc) is 2.55. The Morgan fingerprint density at radius 1 is 1.57 bits per heavy atom. The van der Waals surface area contributed by atoms with Gasteiger partial charge in [0.25, 0.3) is 0 Å². The lowest BCUT2D eigenvalue weighted by molar-refractivity contribution is 0.236. The van der Waals surface area contributed by atoms with Crippen LogP contribution in [0, 0.1) is 0 Å². The van der Waals surface area contributed by atoms with Gasteiger partial charge in [-0.1, -0.05) is 0 Å². The molecule has 80 valence electrons. The van der Waals surface area contributed by atoms with Crippen LogP contribution in [0.3, 0.4) is 0 Å². The lowest BCUT2D eigenvalue weighted by Crippen LogP contribution is -2.46. The van der Waals surface area contributed by atoms with Gasteiger partial charge in [0, 0.05) is 24.0 Å². The Labute approximate surface area is 90.2 Å². The van der Waals surface area contributed by atoms with Gasteiger partial charge in [-0.15, -0.1) is 11.3 Å². The monoisotopic (exact) mass is 213 g/mol. The van der Waals surface area contributed by atoms with Gasteiger partial charge in [-0.3, -0.25) is 4.90 Å². The van der Waals surface area contributed by atoms with Crippen LogP contribution in [0.5, 0.6) is 0 Å². The minimum Gasteiger partial charge on any atom is -0.314 e. The smallest absolute Gasteiger partial charge is 0.0795 e. The second kappa shape index (κ2) is 4.87. The average molecular weight is 213 g/mol. The molecule has 0 saturated carbocycles. The molecule has 0 aliphatic rings. The van der Waals surface area contributed by atoms with Crippen molar-refractivity contribution in [3.05, 3.63) is 16.6 Å². The third-order valence-corrected chi connectivity index (χ3v) is 2.89. The summed E-state index contributed by atoms with van der Waals surface area (Å²) in [7, 11) is 4.12. The van der Waals surface area contributed by atoms with Gasteiger partial charge < -0.3 is 5.32 Å². The highest BCUT2D eigenvalue weighted by molar-refractivity contribution is 7.07. The van der Waals surface area contributed by atoms with Gasteiger partial charge >= 0.3 is 0 Å². The van der Waals surface area contributed by atoms with E-state index < -0.39 is 0 Å². The van der Waals surface area contributed by atoms with Gasteiger partial charge in [0.15, 0.2) is 0 Å². The fourth-order valence-corrected chi connectivity index (χ4v) is 1.95. The number of hydrogen-bond acceptors (Lipinski definition) is 4. The Hall–Kier alpha value is -0.450. The first-order chi connectivity index (χ1) is 6.53. The standard InChI is InChI=1S/C10H19N3S/c1-10(2,11-3)7-13(4)5-9-6-14-8-12-9/h6,8,11H,5,7H2,1-4H3. The number of hydrogen-bond donors (Lipinski definition) is 1. The van der Waals surface area contributed by atoms with Gasteiger partial charge in [0.1, 0.15) is 0 Å². The van der Waals surface area contributed by atoms with Crippen molar-refractivity contribution in [3.63, 3.8) is 0 Å². The number of rotatable bonds is 5. The van der Waals surface area contributed by atoms with Crippen LogP contribution in [0.25, 0.3) is 0 Å². The highest BCUT2D eigenvalue weighted by atomic mass is 32.1. The van der Waals surface area contributed by atoms with E-state index in [9.17, 15) is 0 Å². The molecule has 3 nitrogen and oxygen atoms in total. The molecular formula is C10H19N3S. The molecule has 1 aromatic heterocycles. The predicted octanol–water partition coefficient (Wildman–Crippen LogP) is 1.57. The largest absolute Gasteiger partial charge is 0.314 e. The molecule has 0 unspecified atom stereocenters. The maximum absolute atomic E-state index is 4.27. The summed E-state index contributed by atoms with van der Waals surface area (Å²) in [4.78, 5) is 6.55. The molecule has 14 heavy (non-hydrogen) atoms. The number of likely N-dealkylation sites (N-methyl/N-ethyl adjacent to an activating group) is 2. The summed E-state index contributed by atoms with van der Waals surface area (Å²) in [6.45, 7) is 6.34. The molecule has 4 heteroatoms. The number of thiazole rings is 1. The second-order valence-corrected chi connectivity index (χ2v) is 5.00. The van der Waals surface area contributed by atoms with Crippen molar-refractivity contribution in [2.45, 2.75) is 25.9 Å². The lowest BCUT2D eigenvalue weighted by atomic mass is 10.1. The summed E-state index contributed by atoms with van der Waals surface area (Å²) in [6.07, 6.45) is 0. The van der Waals surface area contributed by atoms with Crippen LogP contribution in [-0.2, 0) is 6.54 Å². The summed E-state index contributed by atoms with van der Waals surface area (Å²) in [5.74, 6) is 0. The van der Waals surface area contributed by atoms with E-state index in [0.717, 1.165) is 18.8 Å². The third-order valence-electron chi connectivity index (χ3n) is 2.26. The summed E-state index contributed by atoms with van der Waals surface area (Å²) < 4.78 is 0. The number of nitrogens with one attached hydrogen (secondary N) is 1. The van der Waals surface area contributed by atoms with Crippen LogP contribution in [0.1, 0.15) is 19.5 Å². The van der Waals surface area contributed by atoms with E-state index >= 15 is 0 Å². The SMILES string of the molecule is CNC(C)(C)CN(C)Cc1cscn1. The maximum atomic E-state index is 4.27. The van der Waals surface area contributed by atoms with Crippen molar-refractivity contribution in [2.24, 2.45) is 0 Å². The van der Waals surface area contributed by atoms with Crippen LogP contribution < -0.4 is 5.32 Å². The first kappa shape index (κ1) is 11.6. The summed E-state index contributed by atoms with van der Waals surface area (Å²) in [5, 5.41) is 5.39. The Morgan fingerprint density at radius 3 is 2.79 bits per heavy atom. The zero-order chi connectivity index (χ0) is 10.6. The zero-order valence-electron chi connectivity index (χ0n) is 9.37. The fourth-order valence-electron chi connectivity index (χ4n) is 1.40. The summed E-state index contributed by atoms with van der Waals surface area (Å²) >= 11 is 1.65. The second-order valence-electron chi connectivity index (χ2n) is 4.29. The third kappa shape index (κ3) is 3.74. The van der Waals surface area contributed by atoms with Crippen molar-refractivity contribution < 1.29 is 0 Å². The molecule has 0 saturated heterocycles.